The van der Waals surface area contributed by atoms with Gasteiger partial charge in [-0.05, 0) is 12.1 Å². The number of nitrogens with two attached hydrogens (primary N) is 1. The van der Waals surface area contributed by atoms with Crippen molar-refractivity contribution < 1.29 is 9.53 Å². The van der Waals surface area contributed by atoms with Crippen LogP contribution in [0.15, 0.2) is 36.9 Å². The van der Waals surface area contributed by atoms with E-state index in [1.807, 2.05) is 35.0 Å². The molecule has 8 nitrogen and oxygen atoms in total. The van der Waals surface area contributed by atoms with Gasteiger partial charge in [-0.15, -0.1) is 5.10 Å². The van der Waals surface area contributed by atoms with Gasteiger partial charge in [-0.1, -0.05) is 6.07 Å². The molecule has 0 aliphatic carbocycles. The zero-order valence-electron chi connectivity index (χ0n) is 10.5. The number of pyridine rings is 1. The Morgan fingerprint density at radius 1 is 1.40 bits per heavy atom. The standard InChI is InChI=1S/C12H12N6O2/c13-12-14-8-18(16-12)6-11(19)20-7-9-5-17-4-2-1-3-10(17)15-9/h1-5,8H,6-7H2,(H2,13,16). The molecule has 3 aromatic rings. The summed E-state index contributed by atoms with van der Waals surface area (Å²) >= 11 is 0. The third-order valence-electron chi connectivity index (χ3n) is 2.64. The van der Waals surface area contributed by atoms with E-state index in [1.54, 1.807) is 0 Å². The summed E-state index contributed by atoms with van der Waals surface area (Å²) in [6.45, 7) is 0.0856. The second-order valence-corrected chi connectivity index (χ2v) is 4.16. The number of imidazole rings is 1. The smallest absolute Gasteiger partial charge is 0.328 e. The van der Waals surface area contributed by atoms with Crippen molar-refractivity contribution in [3.05, 3.63) is 42.6 Å². The lowest BCUT2D eigenvalue weighted by atomic mass is 10.5. The lowest BCUT2D eigenvalue weighted by Gasteiger charge is -2.02. The number of rotatable bonds is 4. The molecule has 102 valence electrons. The average molecular weight is 272 g/mol. The Morgan fingerprint density at radius 3 is 3.05 bits per heavy atom. The van der Waals surface area contributed by atoms with Crippen LogP contribution < -0.4 is 5.73 Å². The van der Waals surface area contributed by atoms with Crippen LogP contribution in [0.2, 0.25) is 0 Å². The van der Waals surface area contributed by atoms with Crippen molar-refractivity contribution in [3.8, 4) is 0 Å². The molecule has 0 unspecified atom stereocenters. The minimum absolute atomic E-state index is 0.0302. The quantitative estimate of drug-likeness (QED) is 0.683. The molecule has 3 aromatic heterocycles. The maximum absolute atomic E-state index is 11.6. The van der Waals surface area contributed by atoms with E-state index in [0.717, 1.165) is 5.65 Å². The van der Waals surface area contributed by atoms with E-state index < -0.39 is 5.97 Å². The molecule has 0 spiro atoms. The molecule has 8 heteroatoms. The number of esters is 1. The van der Waals surface area contributed by atoms with Crippen LogP contribution in [0.4, 0.5) is 5.95 Å². The number of ether oxygens (including phenoxy) is 1. The molecule has 20 heavy (non-hydrogen) atoms. The van der Waals surface area contributed by atoms with Crippen molar-refractivity contribution in [2.45, 2.75) is 13.2 Å². The van der Waals surface area contributed by atoms with Crippen LogP contribution in [0, 0.1) is 0 Å². The summed E-state index contributed by atoms with van der Waals surface area (Å²) < 4.78 is 8.31. The van der Waals surface area contributed by atoms with Crippen LogP contribution in [-0.2, 0) is 22.7 Å². The second-order valence-electron chi connectivity index (χ2n) is 4.16. The van der Waals surface area contributed by atoms with E-state index >= 15 is 0 Å². The van der Waals surface area contributed by atoms with Gasteiger partial charge in [0.2, 0.25) is 5.95 Å². The lowest BCUT2D eigenvalue weighted by molar-refractivity contribution is -0.146. The molecule has 0 aliphatic rings. The highest BCUT2D eigenvalue weighted by atomic mass is 16.5. The van der Waals surface area contributed by atoms with Gasteiger partial charge in [-0.2, -0.15) is 0 Å². The first kappa shape index (κ1) is 12.2. The maximum atomic E-state index is 11.6. The molecule has 3 rings (SSSR count). The van der Waals surface area contributed by atoms with Gasteiger partial charge in [0.15, 0.2) is 0 Å². The number of fused-ring (bicyclic) bond motifs is 1. The average Bonchev–Trinajstić information content (AvgIpc) is 3.02. The molecule has 0 amide bonds. The molecule has 3 heterocycles. The summed E-state index contributed by atoms with van der Waals surface area (Å²) in [5.74, 6) is -0.301. The van der Waals surface area contributed by atoms with E-state index in [0.29, 0.717) is 5.69 Å². The Morgan fingerprint density at radius 2 is 2.30 bits per heavy atom. The van der Waals surface area contributed by atoms with Crippen molar-refractivity contribution in [1.82, 2.24) is 24.1 Å². The van der Waals surface area contributed by atoms with E-state index in [-0.39, 0.29) is 19.1 Å². The van der Waals surface area contributed by atoms with Crippen molar-refractivity contribution >= 4 is 17.6 Å². The molecule has 0 saturated carbocycles. The Balaban J connectivity index is 1.59. The summed E-state index contributed by atoms with van der Waals surface area (Å²) in [7, 11) is 0. The second kappa shape index (κ2) is 5.00. The molecule has 2 N–H and O–H groups in total. The lowest BCUT2D eigenvalue weighted by Crippen LogP contribution is -2.14. The largest absolute Gasteiger partial charge is 0.458 e. The van der Waals surface area contributed by atoms with Crippen LogP contribution in [0.5, 0.6) is 0 Å². The summed E-state index contributed by atoms with van der Waals surface area (Å²) in [6, 6.07) is 5.68. The first-order valence-corrected chi connectivity index (χ1v) is 5.94. The Hall–Kier alpha value is -2.90. The summed E-state index contributed by atoms with van der Waals surface area (Å²) in [5.41, 5.74) is 6.85. The minimum atomic E-state index is -0.424. The highest BCUT2D eigenvalue weighted by molar-refractivity contribution is 5.69. The number of nitrogens with zero attached hydrogens (tertiary/aromatic N) is 5. The Kier molecular flexibility index (Phi) is 3.04. The van der Waals surface area contributed by atoms with Gasteiger partial charge in [0, 0.05) is 12.4 Å². The van der Waals surface area contributed by atoms with Crippen LogP contribution in [-0.4, -0.2) is 30.1 Å². The van der Waals surface area contributed by atoms with Crippen molar-refractivity contribution in [2.75, 3.05) is 5.73 Å². The fraction of sp³-hybridized carbons (Fsp3) is 0.167. The van der Waals surface area contributed by atoms with Gasteiger partial charge < -0.3 is 14.9 Å². The van der Waals surface area contributed by atoms with Gasteiger partial charge in [-0.3, -0.25) is 4.79 Å². The third kappa shape index (κ3) is 2.58. The molecule has 0 bridgehead atoms. The fourth-order valence-corrected chi connectivity index (χ4v) is 1.77. The van der Waals surface area contributed by atoms with Crippen molar-refractivity contribution in [2.24, 2.45) is 0 Å². The highest BCUT2D eigenvalue weighted by Crippen LogP contribution is 2.05. The van der Waals surface area contributed by atoms with E-state index in [4.69, 9.17) is 10.5 Å². The molecular formula is C12H12N6O2. The van der Waals surface area contributed by atoms with Crippen LogP contribution in [0.25, 0.3) is 5.65 Å². The monoisotopic (exact) mass is 272 g/mol. The normalized spacial score (nSPS) is 10.8. The molecule has 0 aromatic carbocycles. The van der Waals surface area contributed by atoms with Gasteiger partial charge in [0.05, 0.1) is 5.69 Å². The summed E-state index contributed by atoms with van der Waals surface area (Å²) in [4.78, 5) is 19.7. The van der Waals surface area contributed by atoms with Crippen molar-refractivity contribution in [1.29, 1.82) is 0 Å². The van der Waals surface area contributed by atoms with Crippen LogP contribution in [0.3, 0.4) is 0 Å². The number of nitrogen functional groups attached to an aromatic ring is 1. The number of hydrogen-bond acceptors (Lipinski definition) is 6. The number of anilines is 1. The van der Waals surface area contributed by atoms with Gasteiger partial charge in [0.1, 0.15) is 25.1 Å². The number of carbonyl (C=O) groups is 1. The molecule has 0 saturated heterocycles. The summed E-state index contributed by atoms with van der Waals surface area (Å²) in [5, 5.41) is 3.80. The third-order valence-corrected chi connectivity index (χ3v) is 2.64. The van der Waals surface area contributed by atoms with E-state index in [2.05, 4.69) is 15.1 Å². The zero-order chi connectivity index (χ0) is 13.9. The van der Waals surface area contributed by atoms with Crippen molar-refractivity contribution in [3.63, 3.8) is 0 Å². The molecule has 0 fully saturated rings. The topological polar surface area (TPSA) is 100 Å². The maximum Gasteiger partial charge on any atom is 0.328 e. The van der Waals surface area contributed by atoms with E-state index in [9.17, 15) is 4.79 Å². The van der Waals surface area contributed by atoms with Gasteiger partial charge in [0.25, 0.3) is 0 Å². The minimum Gasteiger partial charge on any atom is -0.458 e. The Bertz CT molecular complexity index is 714. The highest BCUT2D eigenvalue weighted by Gasteiger charge is 2.08. The van der Waals surface area contributed by atoms with Crippen LogP contribution in [0.1, 0.15) is 5.69 Å². The predicted molar refractivity (Wildman–Crippen MR) is 69.4 cm³/mol. The number of carbonyl (C=O) groups excluding carboxylic acids is 1. The van der Waals surface area contributed by atoms with Gasteiger partial charge >= 0.3 is 5.97 Å². The Labute approximate surface area is 113 Å². The number of aromatic nitrogens is 5. The number of hydrogen-bond donors (Lipinski definition) is 1. The predicted octanol–water partition coefficient (Wildman–Crippen LogP) is 0.251. The first-order valence-electron chi connectivity index (χ1n) is 5.94. The molecule has 0 atom stereocenters. The first-order chi connectivity index (χ1) is 9.70. The van der Waals surface area contributed by atoms with Gasteiger partial charge in [-0.25, -0.2) is 14.6 Å². The SMILES string of the molecule is Nc1ncn(CC(=O)OCc2cn3ccccc3n2)n1. The van der Waals surface area contributed by atoms with Crippen LogP contribution >= 0.6 is 0 Å². The zero-order valence-corrected chi connectivity index (χ0v) is 10.5. The fourth-order valence-electron chi connectivity index (χ4n) is 1.77. The van der Waals surface area contributed by atoms with E-state index in [1.165, 1.54) is 11.0 Å². The molecular weight excluding hydrogens is 260 g/mol. The molecule has 0 aliphatic heterocycles. The molecule has 0 radical (unpaired) electrons. The summed E-state index contributed by atoms with van der Waals surface area (Å²) in [6.07, 6.45) is 5.07.